The van der Waals surface area contributed by atoms with Gasteiger partial charge in [-0.2, -0.15) is 5.10 Å². The molecule has 2 aromatic rings. The summed E-state index contributed by atoms with van der Waals surface area (Å²) in [5.41, 5.74) is 1.32. The lowest BCUT2D eigenvalue weighted by molar-refractivity contribution is -0.00513. The fourth-order valence-electron chi connectivity index (χ4n) is 4.12. The van der Waals surface area contributed by atoms with Gasteiger partial charge in [0.1, 0.15) is 5.15 Å². The molecule has 2 aromatic heterocycles. The predicted octanol–water partition coefficient (Wildman–Crippen LogP) is 3.36. The van der Waals surface area contributed by atoms with Gasteiger partial charge in [-0.05, 0) is 56.6 Å². The monoisotopic (exact) mass is 501 g/mol. The highest BCUT2D eigenvalue weighted by Crippen LogP contribution is 2.35. The molecule has 0 aliphatic heterocycles. The molecule has 32 heavy (non-hydrogen) atoms. The highest BCUT2D eigenvalue weighted by Gasteiger charge is 2.34. The van der Waals surface area contributed by atoms with Crippen LogP contribution in [0.15, 0.2) is 12.3 Å². The SMILES string of the molecule is CCc1cc(Cl)ncc1-c1c(Cl)c(C(=O)NCC2(O)CCC(CS(=O)[O-])CC2)nn1CC. The lowest BCUT2D eigenvalue weighted by atomic mass is 9.79. The molecule has 11 heteroatoms. The number of aromatic nitrogens is 3. The Balaban J connectivity index is 1.75. The third kappa shape index (κ3) is 5.69. The maximum Gasteiger partial charge on any atom is 0.273 e. The van der Waals surface area contributed by atoms with Gasteiger partial charge >= 0.3 is 0 Å². The van der Waals surface area contributed by atoms with Gasteiger partial charge in [0.25, 0.3) is 5.91 Å². The summed E-state index contributed by atoms with van der Waals surface area (Å²) >= 11 is 10.5. The largest absolute Gasteiger partial charge is 0.772 e. The van der Waals surface area contributed by atoms with Crippen molar-refractivity contribution in [2.24, 2.45) is 5.92 Å². The number of rotatable bonds is 8. The predicted molar refractivity (Wildman–Crippen MR) is 124 cm³/mol. The van der Waals surface area contributed by atoms with Crippen molar-refractivity contribution in [3.63, 3.8) is 0 Å². The highest BCUT2D eigenvalue weighted by atomic mass is 35.5. The number of pyridine rings is 1. The van der Waals surface area contributed by atoms with Crippen LogP contribution >= 0.6 is 23.2 Å². The third-order valence-electron chi connectivity index (χ3n) is 5.99. The summed E-state index contributed by atoms with van der Waals surface area (Å²) in [6, 6.07) is 1.77. The molecule has 1 amide bonds. The molecule has 1 aliphatic carbocycles. The van der Waals surface area contributed by atoms with Crippen LogP contribution in [0, 0.1) is 5.92 Å². The summed E-state index contributed by atoms with van der Waals surface area (Å²) in [5.74, 6) is -0.323. The molecule has 3 rings (SSSR count). The summed E-state index contributed by atoms with van der Waals surface area (Å²) in [6.45, 7) is 4.44. The molecule has 1 atom stereocenters. The molecule has 1 saturated carbocycles. The maximum atomic E-state index is 12.9. The smallest absolute Gasteiger partial charge is 0.273 e. The van der Waals surface area contributed by atoms with E-state index in [1.807, 2.05) is 13.8 Å². The zero-order valence-electron chi connectivity index (χ0n) is 18.1. The van der Waals surface area contributed by atoms with E-state index in [1.165, 1.54) is 0 Å². The standard InChI is InChI=1S/C21H28Cl2N4O4S/c1-3-14-9-16(22)24-10-15(14)19-17(23)18(26-27(19)4-2)20(28)25-12-21(29)7-5-13(6-8-21)11-32(30)31/h9-10,13,29H,3-8,11-12H2,1-2H3,(H,25,28)(H,30,31)/p-1. The second-order valence-corrected chi connectivity index (χ2v) is 9.87. The molecule has 1 fully saturated rings. The molecular formula is C21H27Cl2N4O4S-. The van der Waals surface area contributed by atoms with Crippen molar-refractivity contribution in [2.75, 3.05) is 12.3 Å². The number of amides is 1. The fourth-order valence-corrected chi connectivity index (χ4v) is 5.35. The van der Waals surface area contributed by atoms with Crippen LogP contribution < -0.4 is 5.32 Å². The molecule has 0 aromatic carbocycles. The van der Waals surface area contributed by atoms with Gasteiger partial charge in [-0.25, -0.2) is 4.98 Å². The van der Waals surface area contributed by atoms with Crippen molar-refractivity contribution < 1.29 is 18.7 Å². The number of carbonyl (C=O) groups is 1. The van der Waals surface area contributed by atoms with Crippen molar-refractivity contribution in [1.29, 1.82) is 0 Å². The number of nitrogens with one attached hydrogen (secondary N) is 1. The van der Waals surface area contributed by atoms with Crippen LogP contribution in [-0.2, 0) is 24.0 Å². The van der Waals surface area contributed by atoms with E-state index >= 15 is 0 Å². The van der Waals surface area contributed by atoms with Crippen LogP contribution in [0.1, 0.15) is 55.6 Å². The summed E-state index contributed by atoms with van der Waals surface area (Å²) < 4.78 is 23.4. The Labute approximate surface area is 200 Å². The van der Waals surface area contributed by atoms with Crippen molar-refractivity contribution >= 4 is 40.2 Å². The van der Waals surface area contributed by atoms with E-state index in [0.717, 1.165) is 11.1 Å². The minimum Gasteiger partial charge on any atom is -0.772 e. The number of halogens is 2. The van der Waals surface area contributed by atoms with Crippen LogP contribution in [-0.4, -0.2) is 52.4 Å². The van der Waals surface area contributed by atoms with Gasteiger partial charge < -0.3 is 15.0 Å². The van der Waals surface area contributed by atoms with Gasteiger partial charge in [0.15, 0.2) is 5.69 Å². The molecule has 2 N–H and O–H groups in total. The first-order valence-corrected chi connectivity index (χ1v) is 12.6. The zero-order chi connectivity index (χ0) is 23.5. The molecule has 176 valence electrons. The normalized spacial score (nSPS) is 22.0. The first-order valence-electron chi connectivity index (χ1n) is 10.6. The first kappa shape index (κ1) is 25.1. The van der Waals surface area contributed by atoms with E-state index < -0.39 is 22.6 Å². The Morgan fingerprint density at radius 1 is 1.38 bits per heavy atom. The molecule has 0 bridgehead atoms. The molecule has 8 nitrogen and oxygen atoms in total. The number of aliphatic hydroxyl groups is 1. The molecule has 0 spiro atoms. The van der Waals surface area contributed by atoms with Crippen LogP contribution in [0.3, 0.4) is 0 Å². The second-order valence-electron chi connectivity index (χ2n) is 8.17. The van der Waals surface area contributed by atoms with Crippen LogP contribution in [0.5, 0.6) is 0 Å². The van der Waals surface area contributed by atoms with E-state index in [-0.39, 0.29) is 28.9 Å². The number of nitrogens with zero attached hydrogens (tertiary/aromatic N) is 3. The number of aryl methyl sites for hydroxylation is 2. The van der Waals surface area contributed by atoms with Crippen LogP contribution in [0.4, 0.5) is 0 Å². The molecule has 0 saturated heterocycles. The van der Waals surface area contributed by atoms with Gasteiger partial charge in [0.05, 0.1) is 16.3 Å². The summed E-state index contributed by atoms with van der Waals surface area (Å²) in [7, 11) is 0. The Morgan fingerprint density at radius 2 is 2.06 bits per heavy atom. The molecule has 0 radical (unpaired) electrons. The van der Waals surface area contributed by atoms with Gasteiger partial charge in [-0.3, -0.25) is 13.7 Å². The average molecular weight is 502 g/mol. The van der Waals surface area contributed by atoms with Crippen molar-refractivity contribution in [3.05, 3.63) is 33.7 Å². The molecular weight excluding hydrogens is 475 g/mol. The van der Waals surface area contributed by atoms with Crippen molar-refractivity contribution in [2.45, 2.75) is 58.1 Å². The van der Waals surface area contributed by atoms with E-state index in [4.69, 9.17) is 23.2 Å². The molecule has 1 unspecified atom stereocenters. The third-order valence-corrected chi connectivity index (χ3v) is 7.30. The number of hydrogen-bond donors (Lipinski definition) is 2. The van der Waals surface area contributed by atoms with E-state index in [1.54, 1.807) is 16.9 Å². The van der Waals surface area contributed by atoms with Gasteiger partial charge in [0, 0.05) is 30.6 Å². The van der Waals surface area contributed by atoms with E-state index in [9.17, 15) is 18.7 Å². The molecule has 2 heterocycles. The first-order chi connectivity index (χ1) is 15.2. The minimum atomic E-state index is -2.09. The van der Waals surface area contributed by atoms with Gasteiger partial charge in [-0.15, -0.1) is 0 Å². The second kappa shape index (κ2) is 10.6. The fraction of sp³-hybridized carbons (Fsp3) is 0.571. The van der Waals surface area contributed by atoms with Crippen molar-refractivity contribution in [1.82, 2.24) is 20.1 Å². The highest BCUT2D eigenvalue weighted by molar-refractivity contribution is 7.79. The summed E-state index contributed by atoms with van der Waals surface area (Å²) in [4.78, 5) is 17.0. The lowest BCUT2D eigenvalue weighted by Gasteiger charge is -2.36. The lowest BCUT2D eigenvalue weighted by Crippen LogP contribution is -2.46. The zero-order valence-corrected chi connectivity index (χ0v) is 20.4. The van der Waals surface area contributed by atoms with Crippen LogP contribution in [0.25, 0.3) is 11.3 Å². The number of carbonyl (C=O) groups excluding carboxylic acids is 1. The summed E-state index contributed by atoms with van der Waals surface area (Å²) in [5, 5.41) is 18.6. The number of hydrogen-bond acceptors (Lipinski definition) is 6. The Hall–Kier alpha value is -1.52. The topological polar surface area (TPSA) is 120 Å². The van der Waals surface area contributed by atoms with E-state index in [0.29, 0.717) is 49.5 Å². The average Bonchev–Trinajstić information content (AvgIpc) is 3.09. The molecule has 1 aliphatic rings. The van der Waals surface area contributed by atoms with Crippen molar-refractivity contribution in [3.8, 4) is 11.3 Å². The minimum absolute atomic E-state index is 0.0438. The van der Waals surface area contributed by atoms with Gasteiger partial charge in [0.2, 0.25) is 0 Å². The quantitative estimate of drug-likeness (QED) is 0.422. The Morgan fingerprint density at radius 3 is 2.66 bits per heavy atom. The Kier molecular flexibility index (Phi) is 8.32. The maximum absolute atomic E-state index is 12.9. The van der Waals surface area contributed by atoms with E-state index in [2.05, 4.69) is 15.4 Å². The van der Waals surface area contributed by atoms with Crippen LogP contribution in [0.2, 0.25) is 10.2 Å². The van der Waals surface area contributed by atoms with Gasteiger partial charge in [-0.1, -0.05) is 41.2 Å². The Bertz CT molecular complexity index is 1010. The summed E-state index contributed by atoms with van der Waals surface area (Å²) in [6.07, 6.45) is 4.38.